The van der Waals surface area contributed by atoms with Crippen LogP contribution in [-0.2, 0) is 20.9 Å². The maximum Gasteiger partial charge on any atom is 0.414 e. The van der Waals surface area contributed by atoms with Crippen LogP contribution in [0.25, 0.3) is 0 Å². The van der Waals surface area contributed by atoms with Crippen LogP contribution in [0.3, 0.4) is 0 Å². The van der Waals surface area contributed by atoms with E-state index in [0.29, 0.717) is 36.9 Å². The van der Waals surface area contributed by atoms with Crippen molar-refractivity contribution < 1.29 is 38.5 Å². The van der Waals surface area contributed by atoms with Gasteiger partial charge in [0.25, 0.3) is 5.91 Å². The number of carbonyl (C=O) groups is 3. The summed E-state index contributed by atoms with van der Waals surface area (Å²) in [6.07, 6.45) is 6.76. The van der Waals surface area contributed by atoms with E-state index >= 15 is 0 Å². The maximum atomic E-state index is 12.9. The number of hydrogen-bond donors (Lipinski definition) is 2. The summed E-state index contributed by atoms with van der Waals surface area (Å²) in [7, 11) is 1.55. The monoisotopic (exact) mass is 447 g/mol. The van der Waals surface area contributed by atoms with Crippen LogP contribution in [0.1, 0.15) is 15.9 Å². The Labute approximate surface area is 184 Å². The molecular formula is C21H25N3O8. The van der Waals surface area contributed by atoms with E-state index in [1.807, 2.05) is 11.0 Å². The Kier molecular flexibility index (Phi) is 7.79. The standard InChI is InChI=1S/C19H23N3O4.C2H2O4/c1-24-17-8-20-4-2-16(17)19(23)22-11-15-10-21(5-7-26-18(15)12-22)9-14-3-6-25-13-14;3-1(4)2(5)6/h2-4,6,8,13,15,18H,5,7,9-12H2,1H3;(H,3,4)(H,5,6)/t15-,18+;/m0./s1. The molecule has 2 saturated heterocycles. The van der Waals surface area contributed by atoms with Crippen molar-refractivity contribution >= 4 is 17.8 Å². The molecule has 0 spiro atoms. The van der Waals surface area contributed by atoms with Gasteiger partial charge in [0.05, 0.1) is 44.1 Å². The predicted molar refractivity (Wildman–Crippen MR) is 109 cm³/mol. The molecule has 2 aromatic rings. The molecule has 2 atom stereocenters. The highest BCUT2D eigenvalue weighted by Gasteiger charge is 2.39. The average molecular weight is 447 g/mol. The molecule has 2 aromatic heterocycles. The zero-order chi connectivity index (χ0) is 23.1. The molecule has 172 valence electrons. The fourth-order valence-electron chi connectivity index (χ4n) is 3.80. The third kappa shape index (κ3) is 5.83. The van der Waals surface area contributed by atoms with Crippen molar-refractivity contribution in [2.24, 2.45) is 5.92 Å². The Hall–Kier alpha value is -3.44. The predicted octanol–water partition coefficient (Wildman–Crippen LogP) is 0.812. The Balaban J connectivity index is 0.000000427. The number of furan rings is 1. The Morgan fingerprint density at radius 3 is 2.62 bits per heavy atom. The molecule has 2 aliphatic heterocycles. The number of carboxylic acids is 2. The van der Waals surface area contributed by atoms with E-state index in [0.717, 1.165) is 25.2 Å². The van der Waals surface area contributed by atoms with E-state index in [1.54, 1.807) is 38.1 Å². The zero-order valence-corrected chi connectivity index (χ0v) is 17.5. The fraction of sp³-hybridized carbons (Fsp3) is 0.429. The van der Waals surface area contributed by atoms with Gasteiger partial charge < -0.3 is 29.0 Å². The summed E-state index contributed by atoms with van der Waals surface area (Å²) in [5.41, 5.74) is 1.71. The lowest BCUT2D eigenvalue weighted by Crippen LogP contribution is -2.33. The van der Waals surface area contributed by atoms with Gasteiger partial charge in [-0.2, -0.15) is 0 Å². The summed E-state index contributed by atoms with van der Waals surface area (Å²) >= 11 is 0. The van der Waals surface area contributed by atoms with Crippen molar-refractivity contribution in [3.8, 4) is 5.75 Å². The summed E-state index contributed by atoms with van der Waals surface area (Å²) in [5, 5.41) is 14.8. The van der Waals surface area contributed by atoms with E-state index in [-0.39, 0.29) is 12.0 Å². The van der Waals surface area contributed by atoms with Gasteiger partial charge in [0, 0.05) is 50.4 Å². The fourth-order valence-corrected chi connectivity index (χ4v) is 3.80. The molecule has 0 radical (unpaired) electrons. The highest BCUT2D eigenvalue weighted by atomic mass is 16.5. The largest absolute Gasteiger partial charge is 0.494 e. The van der Waals surface area contributed by atoms with Crippen LogP contribution in [0.2, 0.25) is 0 Å². The summed E-state index contributed by atoms with van der Waals surface area (Å²) in [6.45, 7) is 4.64. The number of ether oxygens (including phenoxy) is 2. The van der Waals surface area contributed by atoms with Crippen molar-refractivity contribution in [3.05, 3.63) is 48.2 Å². The number of carboxylic acid groups (broad SMARTS) is 2. The van der Waals surface area contributed by atoms with Gasteiger partial charge in [-0.1, -0.05) is 0 Å². The third-order valence-corrected chi connectivity index (χ3v) is 5.30. The molecule has 2 fully saturated rings. The molecule has 0 aliphatic carbocycles. The maximum absolute atomic E-state index is 12.9. The minimum Gasteiger partial charge on any atom is -0.494 e. The van der Waals surface area contributed by atoms with E-state index in [1.165, 1.54) is 0 Å². The number of carbonyl (C=O) groups excluding carboxylic acids is 1. The summed E-state index contributed by atoms with van der Waals surface area (Å²) in [4.78, 5) is 39.4. The second kappa shape index (κ2) is 10.7. The first-order valence-corrected chi connectivity index (χ1v) is 9.97. The highest BCUT2D eigenvalue weighted by Crippen LogP contribution is 2.27. The SMILES string of the molecule is COc1cnccc1C(=O)N1C[C@@H]2CN(Cc3ccoc3)CCO[C@@H]2C1.O=C(O)C(=O)O. The number of methoxy groups -OCH3 is 1. The van der Waals surface area contributed by atoms with Gasteiger partial charge in [-0.25, -0.2) is 9.59 Å². The Morgan fingerprint density at radius 2 is 1.97 bits per heavy atom. The lowest BCUT2D eigenvalue weighted by molar-refractivity contribution is -0.159. The molecule has 11 heteroatoms. The molecule has 4 rings (SSSR count). The minimum absolute atomic E-state index is 0.0256. The Morgan fingerprint density at radius 1 is 1.19 bits per heavy atom. The molecular weight excluding hydrogens is 422 g/mol. The smallest absolute Gasteiger partial charge is 0.414 e. The van der Waals surface area contributed by atoms with Crippen LogP contribution >= 0.6 is 0 Å². The number of pyridine rings is 1. The van der Waals surface area contributed by atoms with Crippen LogP contribution in [0.15, 0.2) is 41.5 Å². The number of nitrogens with zero attached hydrogens (tertiary/aromatic N) is 3. The topological polar surface area (TPSA) is 143 Å². The lowest BCUT2D eigenvalue weighted by Gasteiger charge is -2.23. The van der Waals surface area contributed by atoms with Crippen LogP contribution < -0.4 is 4.74 Å². The van der Waals surface area contributed by atoms with Gasteiger partial charge in [0.1, 0.15) is 5.75 Å². The zero-order valence-electron chi connectivity index (χ0n) is 17.5. The summed E-state index contributed by atoms with van der Waals surface area (Å²) in [6, 6.07) is 3.70. The Bertz CT molecular complexity index is 921. The van der Waals surface area contributed by atoms with Gasteiger partial charge in [0.15, 0.2) is 0 Å². The molecule has 0 bridgehead atoms. The summed E-state index contributed by atoms with van der Waals surface area (Å²) < 4.78 is 16.5. The number of aliphatic carboxylic acids is 2. The second-order valence-electron chi connectivity index (χ2n) is 7.43. The average Bonchev–Trinajstić information content (AvgIpc) is 3.40. The van der Waals surface area contributed by atoms with Gasteiger partial charge in [-0.3, -0.25) is 14.7 Å². The molecule has 0 aromatic carbocycles. The summed E-state index contributed by atoms with van der Waals surface area (Å²) in [5.74, 6) is -2.86. The first kappa shape index (κ1) is 23.2. The first-order valence-electron chi connectivity index (χ1n) is 9.97. The van der Waals surface area contributed by atoms with Crippen molar-refractivity contribution in [1.82, 2.24) is 14.8 Å². The van der Waals surface area contributed by atoms with Gasteiger partial charge >= 0.3 is 11.9 Å². The molecule has 2 aliphatic rings. The number of aromatic nitrogens is 1. The van der Waals surface area contributed by atoms with Crippen molar-refractivity contribution in [1.29, 1.82) is 0 Å². The van der Waals surface area contributed by atoms with E-state index in [2.05, 4.69) is 9.88 Å². The normalized spacial score (nSPS) is 20.5. The quantitative estimate of drug-likeness (QED) is 0.647. The molecule has 0 saturated carbocycles. The van der Waals surface area contributed by atoms with E-state index in [4.69, 9.17) is 33.7 Å². The third-order valence-electron chi connectivity index (χ3n) is 5.30. The van der Waals surface area contributed by atoms with Gasteiger partial charge in [-0.15, -0.1) is 0 Å². The van der Waals surface area contributed by atoms with E-state index < -0.39 is 11.9 Å². The number of hydrogen-bond acceptors (Lipinski definition) is 8. The van der Waals surface area contributed by atoms with Gasteiger partial charge in [-0.05, 0) is 12.1 Å². The number of likely N-dealkylation sites (tertiary alicyclic amines) is 1. The van der Waals surface area contributed by atoms with Crippen molar-refractivity contribution in [3.63, 3.8) is 0 Å². The van der Waals surface area contributed by atoms with Crippen molar-refractivity contribution in [2.75, 3.05) is 39.9 Å². The molecule has 4 heterocycles. The minimum atomic E-state index is -1.82. The van der Waals surface area contributed by atoms with Crippen LogP contribution in [0.4, 0.5) is 0 Å². The molecule has 11 nitrogen and oxygen atoms in total. The molecule has 0 unspecified atom stereocenters. The highest BCUT2D eigenvalue weighted by molar-refractivity contribution is 6.27. The number of fused-ring (bicyclic) bond motifs is 1. The molecule has 1 amide bonds. The first-order chi connectivity index (χ1) is 15.4. The van der Waals surface area contributed by atoms with Crippen LogP contribution in [0, 0.1) is 5.92 Å². The number of amides is 1. The van der Waals surface area contributed by atoms with Crippen LogP contribution in [-0.4, -0.2) is 88.8 Å². The molecule has 32 heavy (non-hydrogen) atoms. The lowest BCUT2D eigenvalue weighted by atomic mass is 10.1. The van der Waals surface area contributed by atoms with E-state index in [9.17, 15) is 4.79 Å². The van der Waals surface area contributed by atoms with Crippen molar-refractivity contribution in [2.45, 2.75) is 12.6 Å². The van der Waals surface area contributed by atoms with Gasteiger partial charge in [0.2, 0.25) is 0 Å². The molecule has 2 N–H and O–H groups in total. The van der Waals surface area contributed by atoms with Crippen LogP contribution in [0.5, 0.6) is 5.75 Å². The second-order valence-corrected chi connectivity index (χ2v) is 7.43. The number of rotatable bonds is 4.